The third-order valence-electron chi connectivity index (χ3n) is 3.01. The molecule has 0 amide bonds. The van der Waals surface area contributed by atoms with Crippen LogP contribution in [-0.2, 0) is 6.42 Å². The fourth-order valence-electron chi connectivity index (χ4n) is 2.01. The Balaban J connectivity index is 2.30. The molecule has 0 heterocycles. The van der Waals surface area contributed by atoms with Gasteiger partial charge in [-0.3, -0.25) is 0 Å². The molecule has 0 aliphatic heterocycles. The van der Waals surface area contributed by atoms with Gasteiger partial charge < -0.3 is 9.84 Å². The van der Waals surface area contributed by atoms with Crippen molar-refractivity contribution < 1.29 is 9.84 Å². The number of aromatic hydroxyl groups is 1. The lowest BCUT2D eigenvalue weighted by Gasteiger charge is -2.07. The Labute approximate surface area is 108 Å². The minimum Gasteiger partial charge on any atom is -0.504 e. The van der Waals surface area contributed by atoms with Gasteiger partial charge in [-0.25, -0.2) is 0 Å². The quantitative estimate of drug-likeness (QED) is 0.877. The van der Waals surface area contributed by atoms with Crippen molar-refractivity contribution in [2.24, 2.45) is 0 Å². The summed E-state index contributed by atoms with van der Waals surface area (Å²) >= 11 is 0. The second-order valence-corrected chi connectivity index (χ2v) is 4.33. The zero-order chi connectivity index (χ0) is 13.0. The van der Waals surface area contributed by atoms with E-state index < -0.39 is 0 Å². The topological polar surface area (TPSA) is 29.5 Å². The van der Waals surface area contributed by atoms with Gasteiger partial charge in [-0.05, 0) is 35.2 Å². The number of hydrogen-bond acceptors (Lipinski definition) is 2. The molecule has 2 heteroatoms. The van der Waals surface area contributed by atoms with Gasteiger partial charge in [-0.2, -0.15) is 0 Å². The molecule has 0 saturated heterocycles. The van der Waals surface area contributed by atoms with Gasteiger partial charge in [-0.15, -0.1) is 0 Å². The molecule has 2 nitrogen and oxygen atoms in total. The second kappa shape index (κ2) is 5.58. The van der Waals surface area contributed by atoms with Gasteiger partial charge in [0.05, 0.1) is 7.11 Å². The summed E-state index contributed by atoms with van der Waals surface area (Å²) in [7, 11) is 1.56. The maximum atomic E-state index is 9.57. The van der Waals surface area contributed by atoms with Crippen LogP contribution in [-0.4, -0.2) is 12.2 Å². The van der Waals surface area contributed by atoms with Gasteiger partial charge in [0.15, 0.2) is 11.5 Å². The van der Waals surface area contributed by atoms with E-state index in [0.717, 1.165) is 24.0 Å². The SMILES string of the molecule is CCCc1ccc(-c2ccc(O)c(OC)c2)cc1. The molecule has 2 aromatic rings. The Morgan fingerprint density at radius 3 is 2.28 bits per heavy atom. The summed E-state index contributed by atoms with van der Waals surface area (Å²) in [5, 5.41) is 9.57. The first-order valence-corrected chi connectivity index (χ1v) is 6.21. The monoisotopic (exact) mass is 242 g/mol. The largest absolute Gasteiger partial charge is 0.504 e. The highest BCUT2D eigenvalue weighted by Crippen LogP contribution is 2.31. The average molecular weight is 242 g/mol. The molecule has 0 aliphatic rings. The minimum absolute atomic E-state index is 0.170. The van der Waals surface area contributed by atoms with Gasteiger partial charge in [0.2, 0.25) is 0 Å². The summed E-state index contributed by atoms with van der Waals surface area (Å²) in [6, 6.07) is 13.9. The van der Waals surface area contributed by atoms with E-state index >= 15 is 0 Å². The van der Waals surface area contributed by atoms with Crippen molar-refractivity contribution in [3.8, 4) is 22.6 Å². The summed E-state index contributed by atoms with van der Waals surface area (Å²) in [4.78, 5) is 0. The zero-order valence-electron chi connectivity index (χ0n) is 10.8. The van der Waals surface area contributed by atoms with Crippen LogP contribution >= 0.6 is 0 Å². The third-order valence-corrected chi connectivity index (χ3v) is 3.01. The van der Waals surface area contributed by atoms with Crippen molar-refractivity contribution >= 4 is 0 Å². The molecular weight excluding hydrogens is 224 g/mol. The van der Waals surface area contributed by atoms with Gasteiger partial charge in [0.25, 0.3) is 0 Å². The highest BCUT2D eigenvalue weighted by Gasteiger charge is 2.04. The number of phenols is 1. The number of aryl methyl sites for hydroxylation is 1. The number of hydrogen-bond donors (Lipinski definition) is 1. The Kier molecular flexibility index (Phi) is 3.88. The lowest BCUT2D eigenvalue weighted by molar-refractivity contribution is 0.373. The van der Waals surface area contributed by atoms with E-state index in [-0.39, 0.29) is 5.75 Å². The van der Waals surface area contributed by atoms with E-state index in [1.54, 1.807) is 13.2 Å². The summed E-state index contributed by atoms with van der Waals surface area (Å²) in [6.45, 7) is 2.18. The Morgan fingerprint density at radius 1 is 1.00 bits per heavy atom. The van der Waals surface area contributed by atoms with Crippen LogP contribution in [0.25, 0.3) is 11.1 Å². The van der Waals surface area contributed by atoms with Crippen LogP contribution < -0.4 is 4.74 Å². The van der Waals surface area contributed by atoms with Crippen LogP contribution in [0.4, 0.5) is 0 Å². The summed E-state index contributed by atoms with van der Waals surface area (Å²) in [6.07, 6.45) is 2.27. The van der Waals surface area contributed by atoms with E-state index in [4.69, 9.17) is 4.74 Å². The summed E-state index contributed by atoms with van der Waals surface area (Å²) in [5.74, 6) is 0.675. The van der Waals surface area contributed by atoms with Crippen molar-refractivity contribution in [2.45, 2.75) is 19.8 Å². The van der Waals surface area contributed by atoms with Crippen LogP contribution in [0.2, 0.25) is 0 Å². The Morgan fingerprint density at radius 2 is 1.67 bits per heavy atom. The van der Waals surface area contributed by atoms with Crippen LogP contribution in [0.15, 0.2) is 42.5 Å². The first-order chi connectivity index (χ1) is 8.74. The zero-order valence-corrected chi connectivity index (χ0v) is 10.8. The molecule has 94 valence electrons. The van der Waals surface area contributed by atoms with E-state index in [1.165, 1.54) is 5.56 Å². The van der Waals surface area contributed by atoms with Crippen molar-refractivity contribution in [2.75, 3.05) is 7.11 Å². The van der Waals surface area contributed by atoms with Gasteiger partial charge in [0.1, 0.15) is 0 Å². The highest BCUT2D eigenvalue weighted by atomic mass is 16.5. The third kappa shape index (κ3) is 2.65. The number of methoxy groups -OCH3 is 1. The molecule has 0 fully saturated rings. The molecule has 0 bridgehead atoms. The standard InChI is InChI=1S/C16H18O2/c1-3-4-12-5-7-13(8-6-12)14-9-10-15(17)16(11-14)18-2/h5-11,17H,3-4H2,1-2H3. The fourth-order valence-corrected chi connectivity index (χ4v) is 2.01. The predicted molar refractivity (Wildman–Crippen MR) is 74.1 cm³/mol. The lowest BCUT2D eigenvalue weighted by atomic mass is 10.0. The maximum absolute atomic E-state index is 9.57. The van der Waals surface area contributed by atoms with Gasteiger partial charge in [-0.1, -0.05) is 43.7 Å². The second-order valence-electron chi connectivity index (χ2n) is 4.33. The van der Waals surface area contributed by atoms with Crippen LogP contribution in [0.1, 0.15) is 18.9 Å². The molecule has 0 aromatic heterocycles. The van der Waals surface area contributed by atoms with Gasteiger partial charge >= 0.3 is 0 Å². The molecule has 0 aliphatic carbocycles. The van der Waals surface area contributed by atoms with E-state index in [0.29, 0.717) is 5.75 Å². The normalized spacial score (nSPS) is 10.3. The number of ether oxygens (including phenoxy) is 1. The first-order valence-electron chi connectivity index (χ1n) is 6.21. The average Bonchev–Trinajstić information content (AvgIpc) is 2.41. The molecular formula is C16H18O2. The molecule has 0 saturated carbocycles. The molecule has 1 N–H and O–H groups in total. The first kappa shape index (κ1) is 12.5. The van der Waals surface area contributed by atoms with E-state index in [9.17, 15) is 5.11 Å². The Bertz CT molecular complexity index is 515. The predicted octanol–water partition coefficient (Wildman–Crippen LogP) is 4.02. The molecule has 0 unspecified atom stereocenters. The smallest absolute Gasteiger partial charge is 0.161 e. The van der Waals surface area contributed by atoms with E-state index in [2.05, 4.69) is 31.2 Å². The number of rotatable bonds is 4. The molecule has 2 rings (SSSR count). The van der Waals surface area contributed by atoms with E-state index in [1.807, 2.05) is 12.1 Å². The molecule has 0 spiro atoms. The molecule has 2 aromatic carbocycles. The summed E-state index contributed by atoms with van der Waals surface area (Å²) < 4.78 is 5.12. The van der Waals surface area contributed by atoms with Crippen molar-refractivity contribution in [3.63, 3.8) is 0 Å². The van der Waals surface area contributed by atoms with Crippen molar-refractivity contribution in [1.29, 1.82) is 0 Å². The number of phenolic OH excluding ortho intramolecular Hbond substituents is 1. The van der Waals surface area contributed by atoms with Crippen molar-refractivity contribution in [3.05, 3.63) is 48.0 Å². The Hall–Kier alpha value is -1.96. The van der Waals surface area contributed by atoms with Crippen LogP contribution in [0, 0.1) is 0 Å². The molecule has 18 heavy (non-hydrogen) atoms. The summed E-state index contributed by atoms with van der Waals surface area (Å²) in [5.41, 5.74) is 3.54. The minimum atomic E-state index is 0.170. The van der Waals surface area contributed by atoms with Crippen LogP contribution in [0.3, 0.4) is 0 Å². The molecule has 0 radical (unpaired) electrons. The fraction of sp³-hybridized carbons (Fsp3) is 0.250. The number of benzene rings is 2. The van der Waals surface area contributed by atoms with Crippen LogP contribution in [0.5, 0.6) is 11.5 Å². The highest BCUT2D eigenvalue weighted by molar-refractivity contribution is 5.67. The molecule has 0 atom stereocenters. The van der Waals surface area contributed by atoms with Crippen molar-refractivity contribution in [1.82, 2.24) is 0 Å². The maximum Gasteiger partial charge on any atom is 0.161 e. The lowest BCUT2D eigenvalue weighted by Crippen LogP contribution is -1.86. The van der Waals surface area contributed by atoms with Gasteiger partial charge in [0, 0.05) is 0 Å².